The van der Waals surface area contributed by atoms with Crippen LogP contribution in [0.5, 0.6) is 0 Å². The number of rotatable bonds is 2. The van der Waals surface area contributed by atoms with E-state index in [0.29, 0.717) is 5.92 Å². The van der Waals surface area contributed by atoms with E-state index in [-0.39, 0.29) is 30.4 Å². The summed E-state index contributed by atoms with van der Waals surface area (Å²) in [7, 11) is 0. The van der Waals surface area contributed by atoms with Gasteiger partial charge in [0.05, 0.1) is 0 Å². The van der Waals surface area contributed by atoms with E-state index in [4.69, 9.17) is 0 Å². The SMILES string of the molecule is CC1=C(C)C(C)[C]([Zr+2][NH]C(C)(C)C)=C1C.[Cl-].[Cl-]. The molecule has 4 heteroatoms. The van der Waals surface area contributed by atoms with E-state index < -0.39 is 23.5 Å². The molecule has 17 heavy (non-hydrogen) atoms. The van der Waals surface area contributed by atoms with E-state index in [1.807, 2.05) is 0 Å². The van der Waals surface area contributed by atoms with Crippen LogP contribution in [-0.4, -0.2) is 5.54 Å². The average molecular weight is 355 g/mol. The molecular formula is C13H23Cl2NZr. The van der Waals surface area contributed by atoms with Gasteiger partial charge >= 0.3 is 107 Å². The number of allylic oxidation sites excluding steroid dienone is 4. The topological polar surface area (TPSA) is 12.0 Å². The molecule has 0 saturated heterocycles. The van der Waals surface area contributed by atoms with Crippen LogP contribution >= 0.6 is 0 Å². The number of nitrogens with one attached hydrogen (secondary N) is 1. The molecule has 0 amide bonds. The first-order chi connectivity index (χ1) is 6.74. The molecule has 98 valence electrons. The van der Waals surface area contributed by atoms with Gasteiger partial charge in [0.2, 0.25) is 0 Å². The van der Waals surface area contributed by atoms with E-state index in [1.165, 1.54) is 5.57 Å². The van der Waals surface area contributed by atoms with Crippen LogP contribution in [0.4, 0.5) is 0 Å². The predicted octanol–water partition coefficient (Wildman–Crippen LogP) is -2.36. The second-order valence-electron chi connectivity index (χ2n) is 5.57. The van der Waals surface area contributed by atoms with Crippen LogP contribution in [0.1, 0.15) is 48.5 Å². The smallest absolute Gasteiger partial charge is 1.00 e. The van der Waals surface area contributed by atoms with Gasteiger partial charge in [-0.2, -0.15) is 0 Å². The van der Waals surface area contributed by atoms with Gasteiger partial charge in [0.15, 0.2) is 0 Å². The maximum Gasteiger partial charge on any atom is -1.00 e. The zero-order valence-corrected chi connectivity index (χ0v) is 15.8. The normalized spacial score (nSPS) is 19.8. The summed E-state index contributed by atoms with van der Waals surface area (Å²) in [5.74, 6) is 0.700. The fourth-order valence-electron chi connectivity index (χ4n) is 1.82. The molecule has 1 atom stereocenters. The molecule has 0 aromatic carbocycles. The summed E-state index contributed by atoms with van der Waals surface area (Å²) < 4.78 is 5.49. The predicted molar refractivity (Wildman–Crippen MR) is 63.1 cm³/mol. The molecule has 1 nitrogen and oxygen atoms in total. The second kappa shape index (κ2) is 7.48. The molecule has 1 N–H and O–H groups in total. The molecule has 0 bridgehead atoms. The molecule has 0 saturated carbocycles. The van der Waals surface area contributed by atoms with Crippen molar-refractivity contribution in [2.75, 3.05) is 0 Å². The Bertz CT molecular complexity index is 327. The quantitative estimate of drug-likeness (QED) is 0.585. The summed E-state index contributed by atoms with van der Waals surface area (Å²) in [5, 5.41) is 0. The molecule has 0 fully saturated rings. The van der Waals surface area contributed by atoms with Crippen molar-refractivity contribution < 1.29 is 48.3 Å². The van der Waals surface area contributed by atoms with Crippen molar-refractivity contribution in [2.45, 2.75) is 54.0 Å². The minimum Gasteiger partial charge on any atom is -1.00 e. The van der Waals surface area contributed by atoms with E-state index in [9.17, 15) is 0 Å². The summed E-state index contributed by atoms with van der Waals surface area (Å²) in [5.41, 5.74) is 4.97. The average Bonchev–Trinajstić information content (AvgIpc) is 2.28. The molecule has 0 radical (unpaired) electrons. The standard InChI is InChI=1S/C9H13.C4H10N.2ClH.Zr/c1-6-5-7(2)9(4)8(6)3;1-4(2,3)5;;;/h6H,1-4H3;5H,1-3H3;2*1H;/q;-1;;;+3/p-2. The van der Waals surface area contributed by atoms with Crippen molar-refractivity contribution in [3.8, 4) is 0 Å². The van der Waals surface area contributed by atoms with Gasteiger partial charge in [-0.3, -0.25) is 0 Å². The summed E-state index contributed by atoms with van der Waals surface area (Å²) in [6.07, 6.45) is 0. The van der Waals surface area contributed by atoms with Crippen molar-refractivity contribution in [1.82, 2.24) is 3.26 Å². The van der Waals surface area contributed by atoms with Crippen molar-refractivity contribution in [3.63, 3.8) is 0 Å². The van der Waals surface area contributed by atoms with Crippen LogP contribution in [0, 0.1) is 5.92 Å². The van der Waals surface area contributed by atoms with Crippen molar-refractivity contribution >= 4 is 0 Å². The third-order valence-electron chi connectivity index (χ3n) is 3.21. The van der Waals surface area contributed by atoms with Gasteiger partial charge in [0, 0.05) is 0 Å². The van der Waals surface area contributed by atoms with Crippen molar-refractivity contribution in [1.29, 1.82) is 0 Å². The fourth-order valence-corrected chi connectivity index (χ4v) is 5.06. The molecule has 0 aromatic heterocycles. The monoisotopic (exact) mass is 353 g/mol. The van der Waals surface area contributed by atoms with Crippen LogP contribution in [0.25, 0.3) is 0 Å². The molecule has 0 spiro atoms. The van der Waals surface area contributed by atoms with E-state index in [1.54, 1.807) is 14.4 Å². The van der Waals surface area contributed by atoms with Gasteiger partial charge in [0.25, 0.3) is 0 Å². The van der Waals surface area contributed by atoms with E-state index in [0.717, 1.165) is 0 Å². The maximum atomic E-state index is 3.75. The van der Waals surface area contributed by atoms with Gasteiger partial charge in [0.1, 0.15) is 0 Å². The molecule has 1 aliphatic rings. The third-order valence-corrected chi connectivity index (χ3v) is 8.01. The largest absolute Gasteiger partial charge is 1.00 e. The molecule has 0 aliphatic heterocycles. The van der Waals surface area contributed by atoms with Gasteiger partial charge in [-0.15, -0.1) is 0 Å². The van der Waals surface area contributed by atoms with E-state index in [2.05, 4.69) is 51.7 Å². The van der Waals surface area contributed by atoms with Gasteiger partial charge in [-0.25, -0.2) is 0 Å². The van der Waals surface area contributed by atoms with Crippen LogP contribution in [0.15, 0.2) is 20.0 Å². The minimum absolute atomic E-state index is 0. The Balaban J connectivity index is 0. The minimum atomic E-state index is -0.580. The second-order valence-corrected chi connectivity index (χ2v) is 8.12. The Morgan fingerprint density at radius 1 is 1.00 bits per heavy atom. The molecule has 1 aliphatic carbocycles. The zero-order chi connectivity index (χ0) is 11.8. The Kier molecular flexibility index (Phi) is 8.90. The van der Waals surface area contributed by atoms with Gasteiger partial charge < -0.3 is 24.8 Å². The van der Waals surface area contributed by atoms with Crippen molar-refractivity contribution in [3.05, 3.63) is 20.0 Å². The van der Waals surface area contributed by atoms with Crippen LogP contribution < -0.4 is 28.1 Å². The van der Waals surface area contributed by atoms with Crippen LogP contribution in [-0.2, 0) is 23.5 Å². The molecule has 0 aromatic rings. The summed E-state index contributed by atoms with van der Waals surface area (Å²) >= 11 is -0.580. The molecule has 0 heterocycles. The zero-order valence-electron chi connectivity index (χ0n) is 11.8. The first-order valence-corrected chi connectivity index (χ1v) is 8.11. The summed E-state index contributed by atoms with van der Waals surface area (Å²) in [4.78, 5) is 0. The van der Waals surface area contributed by atoms with Crippen molar-refractivity contribution in [2.24, 2.45) is 5.92 Å². The van der Waals surface area contributed by atoms with Crippen LogP contribution in [0.3, 0.4) is 0 Å². The maximum absolute atomic E-state index is 3.75. The first kappa shape index (κ1) is 20.2. The Hall–Kier alpha value is 0.903. The number of halogens is 2. The third kappa shape index (κ3) is 5.19. The Morgan fingerprint density at radius 3 is 1.76 bits per heavy atom. The van der Waals surface area contributed by atoms with Gasteiger partial charge in [-0.05, 0) is 0 Å². The molecule has 1 unspecified atom stereocenters. The summed E-state index contributed by atoms with van der Waals surface area (Å²) in [6, 6.07) is 0. The Labute approximate surface area is 131 Å². The van der Waals surface area contributed by atoms with Crippen LogP contribution in [0.2, 0.25) is 0 Å². The first-order valence-electron chi connectivity index (χ1n) is 5.65. The fraction of sp³-hybridized carbons (Fsp3) is 0.692. The number of hydrogen-bond donors (Lipinski definition) is 1. The van der Waals surface area contributed by atoms with E-state index >= 15 is 0 Å². The molecular weight excluding hydrogens is 332 g/mol. The Morgan fingerprint density at radius 2 is 1.47 bits per heavy atom. The summed E-state index contributed by atoms with van der Waals surface area (Å²) in [6.45, 7) is 16.0. The van der Waals surface area contributed by atoms with Gasteiger partial charge in [-0.1, -0.05) is 0 Å². The number of hydrogen-bond acceptors (Lipinski definition) is 1. The molecule has 1 rings (SSSR count).